The molecule has 0 spiro atoms. The van der Waals surface area contributed by atoms with Gasteiger partial charge in [-0.3, -0.25) is 0 Å². The molecule has 136 valence electrons. The van der Waals surface area contributed by atoms with Crippen molar-refractivity contribution in [1.82, 2.24) is 0 Å². The van der Waals surface area contributed by atoms with E-state index in [1.165, 1.54) is 57.8 Å². The summed E-state index contributed by atoms with van der Waals surface area (Å²) in [6, 6.07) is 0. The van der Waals surface area contributed by atoms with E-state index in [1.807, 2.05) is 0 Å². The Hall–Kier alpha value is -0.120. The molecule has 0 rings (SSSR count). The van der Waals surface area contributed by atoms with Gasteiger partial charge in [-0.2, -0.15) is 0 Å². The molecule has 0 radical (unpaired) electrons. The summed E-state index contributed by atoms with van der Waals surface area (Å²) in [5, 5.41) is 0. The molecule has 0 aromatic carbocycles. The SMILES string of the molecule is CCCCCCOC(CCCCCC)OCCCC(C)C.O. The Morgan fingerprint density at radius 2 is 1.18 bits per heavy atom. The van der Waals surface area contributed by atoms with Crippen molar-refractivity contribution >= 4 is 0 Å². The van der Waals surface area contributed by atoms with E-state index in [2.05, 4.69) is 27.7 Å². The third kappa shape index (κ3) is 17.9. The zero-order valence-corrected chi connectivity index (χ0v) is 15.7. The molecule has 0 aliphatic heterocycles. The number of ether oxygens (including phenoxy) is 2. The second-order valence-corrected chi connectivity index (χ2v) is 6.62. The summed E-state index contributed by atoms with van der Waals surface area (Å²) < 4.78 is 11.9. The van der Waals surface area contributed by atoms with Gasteiger partial charge in [0.25, 0.3) is 0 Å². The lowest BCUT2D eigenvalue weighted by Gasteiger charge is -2.19. The summed E-state index contributed by atoms with van der Waals surface area (Å²) in [6.45, 7) is 10.8. The van der Waals surface area contributed by atoms with Crippen LogP contribution in [-0.4, -0.2) is 25.0 Å². The first kappa shape index (κ1) is 24.1. The summed E-state index contributed by atoms with van der Waals surface area (Å²) in [5.74, 6) is 0.770. The van der Waals surface area contributed by atoms with E-state index in [0.717, 1.165) is 32.0 Å². The van der Waals surface area contributed by atoms with Gasteiger partial charge in [-0.15, -0.1) is 0 Å². The van der Waals surface area contributed by atoms with Crippen LogP contribution in [0.5, 0.6) is 0 Å². The molecule has 3 nitrogen and oxygen atoms in total. The molecule has 0 aliphatic carbocycles. The number of unbranched alkanes of at least 4 members (excludes halogenated alkanes) is 6. The molecule has 0 saturated carbocycles. The highest BCUT2D eigenvalue weighted by molar-refractivity contribution is 4.51. The van der Waals surface area contributed by atoms with Crippen molar-refractivity contribution in [2.45, 2.75) is 105 Å². The van der Waals surface area contributed by atoms with Crippen LogP contribution in [0.25, 0.3) is 0 Å². The third-order valence-corrected chi connectivity index (χ3v) is 3.82. The second kappa shape index (κ2) is 18.9. The fourth-order valence-electron chi connectivity index (χ4n) is 2.40. The van der Waals surface area contributed by atoms with Crippen LogP contribution >= 0.6 is 0 Å². The van der Waals surface area contributed by atoms with E-state index < -0.39 is 0 Å². The monoisotopic (exact) mass is 318 g/mol. The predicted molar refractivity (Wildman–Crippen MR) is 96.3 cm³/mol. The smallest absolute Gasteiger partial charge is 0.157 e. The standard InChI is InChI=1S/C19H40O2.H2O/c1-5-7-9-11-15-19(20-16-12-10-8-6-2)21-17-13-14-18(3)4;/h18-19H,5-17H2,1-4H3;1H2. The molecule has 1 atom stereocenters. The van der Waals surface area contributed by atoms with Gasteiger partial charge < -0.3 is 14.9 Å². The summed E-state index contributed by atoms with van der Waals surface area (Å²) in [7, 11) is 0. The van der Waals surface area contributed by atoms with E-state index in [9.17, 15) is 0 Å². The minimum Gasteiger partial charge on any atom is -0.412 e. The molecule has 0 amide bonds. The Kier molecular flexibility index (Phi) is 20.8. The lowest BCUT2D eigenvalue weighted by atomic mass is 10.1. The normalized spacial score (nSPS) is 12.4. The Bertz CT molecular complexity index is 195. The van der Waals surface area contributed by atoms with Gasteiger partial charge in [0.15, 0.2) is 6.29 Å². The first-order chi connectivity index (χ1) is 10.2. The molecule has 0 bridgehead atoms. The van der Waals surface area contributed by atoms with Gasteiger partial charge in [0, 0.05) is 13.2 Å². The van der Waals surface area contributed by atoms with Crippen molar-refractivity contribution in [2.75, 3.05) is 13.2 Å². The maximum absolute atomic E-state index is 5.96. The third-order valence-electron chi connectivity index (χ3n) is 3.82. The van der Waals surface area contributed by atoms with Crippen LogP contribution in [0.1, 0.15) is 98.3 Å². The summed E-state index contributed by atoms with van der Waals surface area (Å²) in [4.78, 5) is 0. The van der Waals surface area contributed by atoms with Crippen LogP contribution in [0.2, 0.25) is 0 Å². The van der Waals surface area contributed by atoms with Gasteiger partial charge >= 0.3 is 0 Å². The van der Waals surface area contributed by atoms with Gasteiger partial charge in [0.1, 0.15) is 0 Å². The maximum atomic E-state index is 5.96. The molecule has 2 N–H and O–H groups in total. The highest BCUT2D eigenvalue weighted by Gasteiger charge is 2.09. The molecular formula is C19H42O3. The van der Waals surface area contributed by atoms with Crippen LogP contribution in [0.3, 0.4) is 0 Å². The highest BCUT2D eigenvalue weighted by atomic mass is 16.7. The van der Waals surface area contributed by atoms with Gasteiger partial charge in [-0.05, 0) is 38.0 Å². The average Bonchev–Trinajstić information content (AvgIpc) is 2.46. The second-order valence-electron chi connectivity index (χ2n) is 6.62. The van der Waals surface area contributed by atoms with Crippen molar-refractivity contribution in [2.24, 2.45) is 5.92 Å². The maximum Gasteiger partial charge on any atom is 0.157 e. The molecule has 22 heavy (non-hydrogen) atoms. The van der Waals surface area contributed by atoms with Crippen LogP contribution in [0.4, 0.5) is 0 Å². The van der Waals surface area contributed by atoms with E-state index in [0.29, 0.717) is 0 Å². The van der Waals surface area contributed by atoms with Crippen LogP contribution in [0, 0.1) is 5.92 Å². The van der Waals surface area contributed by atoms with Crippen LogP contribution in [0.15, 0.2) is 0 Å². The quantitative estimate of drug-likeness (QED) is 0.278. The van der Waals surface area contributed by atoms with Crippen molar-refractivity contribution in [3.63, 3.8) is 0 Å². The Morgan fingerprint density at radius 1 is 0.636 bits per heavy atom. The number of rotatable bonds is 16. The highest BCUT2D eigenvalue weighted by Crippen LogP contribution is 2.12. The molecule has 0 aromatic heterocycles. The van der Waals surface area contributed by atoms with Crippen LogP contribution < -0.4 is 0 Å². The first-order valence-electron chi connectivity index (χ1n) is 9.43. The van der Waals surface area contributed by atoms with Crippen LogP contribution in [-0.2, 0) is 9.47 Å². The lowest BCUT2D eigenvalue weighted by molar-refractivity contribution is -0.148. The van der Waals surface area contributed by atoms with Crippen molar-refractivity contribution in [3.8, 4) is 0 Å². The summed E-state index contributed by atoms with van der Waals surface area (Å²) in [6.07, 6.45) is 13.7. The van der Waals surface area contributed by atoms with Crippen molar-refractivity contribution in [1.29, 1.82) is 0 Å². The van der Waals surface area contributed by atoms with Gasteiger partial charge in [-0.1, -0.05) is 66.2 Å². The number of hydrogen-bond donors (Lipinski definition) is 0. The fourth-order valence-corrected chi connectivity index (χ4v) is 2.40. The zero-order chi connectivity index (χ0) is 15.8. The summed E-state index contributed by atoms with van der Waals surface area (Å²) >= 11 is 0. The average molecular weight is 319 g/mol. The Balaban J connectivity index is 0. The predicted octanol–water partition coefficient (Wildman–Crippen LogP) is 5.51. The lowest BCUT2D eigenvalue weighted by Crippen LogP contribution is -2.19. The molecule has 3 heteroatoms. The zero-order valence-electron chi connectivity index (χ0n) is 15.7. The van der Waals surface area contributed by atoms with E-state index in [-0.39, 0.29) is 11.8 Å². The van der Waals surface area contributed by atoms with Gasteiger partial charge in [0.2, 0.25) is 0 Å². The van der Waals surface area contributed by atoms with Crippen molar-refractivity contribution < 1.29 is 14.9 Å². The Morgan fingerprint density at radius 3 is 1.73 bits per heavy atom. The molecule has 0 fully saturated rings. The van der Waals surface area contributed by atoms with E-state index in [1.54, 1.807) is 0 Å². The minimum atomic E-state index is 0. The first-order valence-corrected chi connectivity index (χ1v) is 9.43. The molecule has 1 unspecified atom stereocenters. The molecule has 0 saturated heterocycles. The Labute approximate surface area is 139 Å². The topological polar surface area (TPSA) is 50.0 Å². The molecule has 0 heterocycles. The number of hydrogen-bond acceptors (Lipinski definition) is 2. The fraction of sp³-hybridized carbons (Fsp3) is 1.00. The van der Waals surface area contributed by atoms with E-state index >= 15 is 0 Å². The largest absolute Gasteiger partial charge is 0.412 e. The van der Waals surface area contributed by atoms with Crippen molar-refractivity contribution in [3.05, 3.63) is 0 Å². The molecular weight excluding hydrogens is 276 g/mol. The molecule has 0 aliphatic rings. The minimum absolute atomic E-state index is 0. The molecule has 0 aromatic rings. The van der Waals surface area contributed by atoms with Gasteiger partial charge in [-0.25, -0.2) is 0 Å². The summed E-state index contributed by atoms with van der Waals surface area (Å²) in [5.41, 5.74) is 0. The van der Waals surface area contributed by atoms with Gasteiger partial charge in [0.05, 0.1) is 0 Å². The van der Waals surface area contributed by atoms with E-state index in [4.69, 9.17) is 9.47 Å².